The quantitative estimate of drug-likeness (QED) is 0.188. The number of rotatable bonds is 16. The molecule has 2 aromatic rings. The molecule has 2 rings (SSSR count). The van der Waals surface area contributed by atoms with Crippen LogP contribution in [0.3, 0.4) is 0 Å². The van der Waals surface area contributed by atoms with Crippen LogP contribution in [-0.2, 0) is 0 Å². The lowest BCUT2D eigenvalue weighted by Gasteiger charge is -2.24. The minimum Gasteiger partial charge on any atom is -0.494 e. The molecule has 3 N–H and O–H groups in total. The van der Waals surface area contributed by atoms with Gasteiger partial charge in [-0.2, -0.15) is 11.8 Å². The van der Waals surface area contributed by atoms with Crippen LogP contribution in [0.5, 0.6) is 5.75 Å². The van der Waals surface area contributed by atoms with E-state index in [1.54, 1.807) is 23.9 Å². The fraction of sp³-hybridized carbons (Fsp3) is 0.481. The number of benzene rings is 2. The van der Waals surface area contributed by atoms with Crippen LogP contribution in [0.2, 0.25) is 0 Å². The average Bonchev–Trinajstić information content (AvgIpc) is 2.86. The number of unbranched alkanes of at least 4 members (excludes halogenated alkanes) is 6. The number of carbonyl (C=O) groups is 2. The van der Waals surface area contributed by atoms with Crippen molar-refractivity contribution in [2.75, 3.05) is 36.3 Å². The molecule has 0 aromatic heterocycles. The van der Waals surface area contributed by atoms with Gasteiger partial charge in [-0.25, -0.2) is 4.79 Å². The minimum absolute atomic E-state index is 0.175. The number of hydrogen-bond acceptors (Lipinski definition) is 5. The van der Waals surface area contributed by atoms with E-state index < -0.39 is 6.03 Å². The average molecular weight is 518 g/mol. The zero-order chi connectivity index (χ0) is 25.5. The van der Waals surface area contributed by atoms with E-state index in [1.807, 2.05) is 42.8 Å². The summed E-state index contributed by atoms with van der Waals surface area (Å²) in [5, 5.41) is 2.90. The highest BCUT2D eigenvalue weighted by Crippen LogP contribution is 2.35. The summed E-state index contributed by atoms with van der Waals surface area (Å²) >= 11 is 3.16. The second-order valence-corrected chi connectivity index (χ2v) is 10.1. The summed E-state index contributed by atoms with van der Waals surface area (Å²) in [4.78, 5) is 27.4. The van der Waals surface area contributed by atoms with E-state index in [0.717, 1.165) is 22.8 Å². The monoisotopic (exact) mass is 517 g/mol. The van der Waals surface area contributed by atoms with Crippen LogP contribution in [0.25, 0.3) is 0 Å². The third-order valence-electron chi connectivity index (χ3n) is 5.61. The van der Waals surface area contributed by atoms with Gasteiger partial charge in [-0.15, -0.1) is 11.8 Å². The second-order valence-electron chi connectivity index (χ2n) is 8.27. The largest absolute Gasteiger partial charge is 0.494 e. The zero-order valence-electron chi connectivity index (χ0n) is 21.2. The van der Waals surface area contributed by atoms with Crippen LogP contribution in [0, 0.1) is 0 Å². The van der Waals surface area contributed by atoms with Gasteiger partial charge in [-0.1, -0.05) is 45.4 Å². The third-order valence-corrected chi connectivity index (χ3v) is 7.00. The summed E-state index contributed by atoms with van der Waals surface area (Å²) in [6, 6.07) is 12.1. The van der Waals surface area contributed by atoms with Crippen molar-refractivity contribution in [1.82, 2.24) is 5.32 Å². The van der Waals surface area contributed by atoms with Crippen molar-refractivity contribution in [2.45, 2.75) is 56.8 Å². The smallest absolute Gasteiger partial charge is 0.323 e. The Morgan fingerprint density at radius 1 is 0.971 bits per heavy atom. The van der Waals surface area contributed by atoms with Crippen molar-refractivity contribution in [3.63, 3.8) is 0 Å². The van der Waals surface area contributed by atoms with Gasteiger partial charge >= 0.3 is 6.03 Å². The minimum atomic E-state index is -0.614. The van der Waals surface area contributed by atoms with Gasteiger partial charge < -0.3 is 15.8 Å². The SMILES string of the molecule is CCCCCCCCCOc1ccc(N(C(N)=O)c2cc(C(=O)NCCSC)ccc2SC)cc1. The van der Waals surface area contributed by atoms with Gasteiger partial charge in [0.25, 0.3) is 5.91 Å². The topological polar surface area (TPSA) is 84.7 Å². The number of nitrogens with one attached hydrogen (secondary N) is 1. The Bertz CT molecular complexity index is 922. The molecule has 3 amide bonds. The van der Waals surface area contributed by atoms with Gasteiger partial charge in [0.15, 0.2) is 0 Å². The molecule has 0 aliphatic rings. The first-order valence-electron chi connectivity index (χ1n) is 12.3. The van der Waals surface area contributed by atoms with Crippen molar-refractivity contribution in [1.29, 1.82) is 0 Å². The molecule has 0 aliphatic carbocycles. The number of ether oxygens (including phenoxy) is 1. The van der Waals surface area contributed by atoms with E-state index in [-0.39, 0.29) is 5.91 Å². The van der Waals surface area contributed by atoms with Gasteiger partial charge in [0, 0.05) is 22.8 Å². The fourth-order valence-electron chi connectivity index (χ4n) is 3.70. The first-order chi connectivity index (χ1) is 17.0. The number of nitrogens with two attached hydrogens (primary N) is 1. The molecule has 0 saturated heterocycles. The van der Waals surface area contributed by atoms with Gasteiger partial charge in [0.2, 0.25) is 0 Å². The zero-order valence-corrected chi connectivity index (χ0v) is 22.8. The lowest BCUT2D eigenvalue weighted by atomic mass is 10.1. The predicted molar refractivity (Wildman–Crippen MR) is 151 cm³/mol. The van der Waals surface area contributed by atoms with E-state index >= 15 is 0 Å². The molecule has 0 spiro atoms. The van der Waals surface area contributed by atoms with Crippen molar-refractivity contribution >= 4 is 46.8 Å². The number of primary amides is 1. The molecule has 192 valence electrons. The molecule has 0 heterocycles. The number of thioether (sulfide) groups is 2. The van der Waals surface area contributed by atoms with Gasteiger partial charge in [0.05, 0.1) is 18.0 Å². The fourth-order valence-corrected chi connectivity index (χ4v) is 4.57. The highest BCUT2D eigenvalue weighted by Gasteiger charge is 2.20. The number of hydrogen-bond donors (Lipinski definition) is 2. The van der Waals surface area contributed by atoms with Gasteiger partial charge in [-0.3, -0.25) is 9.69 Å². The van der Waals surface area contributed by atoms with Crippen LogP contribution in [-0.4, -0.2) is 43.4 Å². The van der Waals surface area contributed by atoms with E-state index in [4.69, 9.17) is 10.5 Å². The molecule has 2 aromatic carbocycles. The van der Waals surface area contributed by atoms with Crippen LogP contribution < -0.4 is 20.7 Å². The van der Waals surface area contributed by atoms with E-state index in [9.17, 15) is 9.59 Å². The Morgan fingerprint density at radius 2 is 1.66 bits per heavy atom. The molecule has 0 atom stereocenters. The van der Waals surface area contributed by atoms with Crippen LogP contribution in [0.15, 0.2) is 47.4 Å². The summed E-state index contributed by atoms with van der Waals surface area (Å²) in [6.07, 6.45) is 12.6. The molecular formula is C27H39N3O3S2. The molecule has 6 nitrogen and oxygen atoms in total. The molecule has 0 radical (unpaired) electrons. The Labute approximate surface area is 218 Å². The third kappa shape index (κ3) is 9.68. The Hall–Kier alpha value is -2.32. The summed E-state index contributed by atoms with van der Waals surface area (Å²) in [5.74, 6) is 1.42. The Balaban J connectivity index is 2.07. The molecule has 0 bridgehead atoms. The maximum atomic E-state index is 12.6. The summed E-state index contributed by atoms with van der Waals surface area (Å²) in [6.45, 7) is 3.49. The second kappa shape index (κ2) is 16.4. The summed E-state index contributed by atoms with van der Waals surface area (Å²) in [7, 11) is 0. The molecule has 35 heavy (non-hydrogen) atoms. The number of carbonyl (C=O) groups excluding carboxylic acids is 2. The Morgan fingerprint density at radius 3 is 2.29 bits per heavy atom. The maximum absolute atomic E-state index is 12.6. The summed E-state index contributed by atoms with van der Waals surface area (Å²) in [5.41, 5.74) is 7.48. The molecule has 0 unspecified atom stereocenters. The lowest BCUT2D eigenvalue weighted by molar-refractivity contribution is 0.0956. The first kappa shape index (κ1) is 28.9. The predicted octanol–water partition coefficient (Wildman–Crippen LogP) is 6.85. The first-order valence-corrected chi connectivity index (χ1v) is 14.9. The van der Waals surface area contributed by atoms with E-state index in [0.29, 0.717) is 30.1 Å². The van der Waals surface area contributed by atoms with E-state index in [2.05, 4.69) is 12.2 Å². The molecule has 8 heteroatoms. The highest BCUT2D eigenvalue weighted by atomic mass is 32.2. The Kier molecular flexibility index (Phi) is 13.5. The van der Waals surface area contributed by atoms with Crippen molar-refractivity contribution in [3.8, 4) is 5.75 Å². The van der Waals surface area contributed by atoms with Crippen molar-refractivity contribution in [2.24, 2.45) is 5.73 Å². The number of urea groups is 1. The molecular weight excluding hydrogens is 478 g/mol. The molecule has 0 fully saturated rings. The van der Waals surface area contributed by atoms with E-state index in [1.165, 1.54) is 55.2 Å². The highest BCUT2D eigenvalue weighted by molar-refractivity contribution is 7.98. The summed E-state index contributed by atoms with van der Waals surface area (Å²) < 4.78 is 5.88. The molecule has 0 aliphatic heterocycles. The number of amides is 3. The van der Waals surface area contributed by atoms with Crippen molar-refractivity contribution < 1.29 is 14.3 Å². The standard InChI is InChI=1S/C27H39N3O3S2/c1-4-5-6-7-8-9-10-18-33-23-14-12-22(13-15-23)30(27(28)32)24-20-21(11-16-25(24)35-3)26(31)29-17-19-34-2/h11-16,20H,4-10,17-19H2,1-3H3,(H2,28,32)(H,29,31). The van der Waals surface area contributed by atoms with Gasteiger partial charge in [0.1, 0.15) is 5.75 Å². The molecule has 0 saturated carbocycles. The maximum Gasteiger partial charge on any atom is 0.323 e. The van der Waals surface area contributed by atoms with Crippen LogP contribution >= 0.6 is 23.5 Å². The van der Waals surface area contributed by atoms with Crippen LogP contribution in [0.4, 0.5) is 16.2 Å². The lowest BCUT2D eigenvalue weighted by Crippen LogP contribution is -2.32. The van der Waals surface area contributed by atoms with Gasteiger partial charge in [-0.05, 0) is 61.4 Å². The normalized spacial score (nSPS) is 10.7. The number of anilines is 2. The van der Waals surface area contributed by atoms with Crippen LogP contribution in [0.1, 0.15) is 62.2 Å². The number of nitrogens with zero attached hydrogens (tertiary/aromatic N) is 1. The van der Waals surface area contributed by atoms with Crippen molar-refractivity contribution in [3.05, 3.63) is 48.0 Å².